The van der Waals surface area contributed by atoms with Gasteiger partial charge in [-0.05, 0) is 37.7 Å². The number of carbonyl (C=O) groups is 10. The Balaban J connectivity index is 6.16. The average molecular weight is 740 g/mol. The van der Waals surface area contributed by atoms with Crippen molar-refractivity contribution < 1.29 is 73.5 Å². The third kappa shape index (κ3) is 19.7. The van der Waals surface area contributed by atoms with Crippen molar-refractivity contribution in [2.24, 2.45) is 0 Å². The van der Waals surface area contributed by atoms with E-state index >= 15 is 0 Å². The fraction of sp³-hybridized carbons (Fsp3) is 0.630. The Morgan fingerprint density at radius 3 is 1.12 bits per heavy atom. The quantitative estimate of drug-likeness (QED) is 0.0413. The van der Waals surface area contributed by atoms with E-state index in [4.69, 9.17) is 15.3 Å². The van der Waals surface area contributed by atoms with E-state index in [1.165, 1.54) is 11.8 Å². The van der Waals surface area contributed by atoms with E-state index in [9.17, 15) is 58.2 Å². The van der Waals surface area contributed by atoms with Crippen molar-refractivity contribution in [1.29, 1.82) is 0 Å². The topological polar surface area (TPSA) is 332 Å². The van der Waals surface area contributed by atoms with E-state index in [1.54, 1.807) is 6.26 Å². The molecular weight excluding hydrogens is 698 g/mol. The Morgan fingerprint density at radius 1 is 0.490 bits per heavy atom. The van der Waals surface area contributed by atoms with Crippen molar-refractivity contribution in [2.45, 2.75) is 88.0 Å². The van der Waals surface area contributed by atoms with Gasteiger partial charge in [0.25, 0.3) is 0 Å². The molecule has 0 heterocycles. The molecule has 0 aromatic rings. The number of nitrogens with one attached hydrogen (secondary N) is 5. The summed E-state index contributed by atoms with van der Waals surface area (Å²) in [6.07, 6.45) is -2.92. The Hall–Kier alpha value is -4.60. The molecule has 0 aliphatic heterocycles. The van der Waals surface area contributed by atoms with Crippen LogP contribution in [0.1, 0.15) is 57.8 Å². The second-order valence-electron chi connectivity index (χ2n) is 10.4. The number of thiol groups is 1. The Morgan fingerprint density at radius 2 is 0.816 bits per heavy atom. The average Bonchev–Trinajstić information content (AvgIpc) is 3.01. The molecule has 22 heteroatoms. The maximum absolute atomic E-state index is 13.4. The molecule has 5 amide bonds. The van der Waals surface area contributed by atoms with Crippen molar-refractivity contribution in [3.8, 4) is 0 Å². The van der Waals surface area contributed by atoms with Gasteiger partial charge in [0.05, 0.1) is 6.42 Å². The van der Waals surface area contributed by atoms with Gasteiger partial charge in [0.2, 0.25) is 29.5 Å². The number of rotatable bonds is 26. The molecule has 0 rings (SSSR count). The molecule has 0 aromatic heterocycles. The minimum absolute atomic E-state index is 0.0748. The molecule has 0 spiro atoms. The van der Waals surface area contributed by atoms with Crippen LogP contribution in [0.15, 0.2) is 0 Å². The number of carboxylic acid groups (broad SMARTS) is 5. The predicted molar refractivity (Wildman–Crippen MR) is 172 cm³/mol. The number of hydrogen-bond acceptors (Lipinski definition) is 12. The molecule has 49 heavy (non-hydrogen) atoms. The highest BCUT2D eigenvalue weighted by Gasteiger charge is 2.33. The number of thioether (sulfide) groups is 1. The molecule has 20 nitrogen and oxygen atoms in total. The summed E-state index contributed by atoms with van der Waals surface area (Å²) in [5.41, 5.74) is 0. The predicted octanol–water partition coefficient (Wildman–Crippen LogP) is -2.36. The summed E-state index contributed by atoms with van der Waals surface area (Å²) in [4.78, 5) is 121. The number of aliphatic carboxylic acids is 5. The van der Waals surface area contributed by atoms with Crippen LogP contribution in [0.4, 0.5) is 0 Å². The van der Waals surface area contributed by atoms with Gasteiger partial charge in [-0.2, -0.15) is 24.4 Å². The van der Waals surface area contributed by atoms with Gasteiger partial charge in [-0.25, -0.2) is 4.79 Å². The van der Waals surface area contributed by atoms with Crippen LogP contribution in [0.5, 0.6) is 0 Å². The van der Waals surface area contributed by atoms with Crippen LogP contribution in [0.2, 0.25) is 0 Å². The van der Waals surface area contributed by atoms with Gasteiger partial charge in [-0.15, -0.1) is 0 Å². The molecule has 10 N–H and O–H groups in total. The standard InChI is InChI=1S/C27H41N5O15S2/c1-49-11-10-16(31-23(42)13(2-6-19(34)35)28-18(33)5-9-22(40)41)26(45)30-14(3-7-20(36)37)24(43)29-15(4-8-21(38)39)25(44)32-17(12-48)27(46)47/h13-17,48H,2-12H2,1H3,(H,28,33)(H,29,43)(H,30,45)(H,31,42)(H,32,44)(H,34,35)(H,36,37)(H,38,39)(H,40,41)(H,46,47)/t13-,14-,15-,16-,17-/m0/s1. The van der Waals surface area contributed by atoms with Crippen molar-refractivity contribution in [1.82, 2.24) is 26.6 Å². The van der Waals surface area contributed by atoms with Crippen molar-refractivity contribution >= 4 is 83.8 Å². The summed E-state index contributed by atoms with van der Waals surface area (Å²) in [6, 6.07) is -7.75. The van der Waals surface area contributed by atoms with Gasteiger partial charge in [-0.1, -0.05) is 0 Å². The number of carboxylic acids is 5. The van der Waals surface area contributed by atoms with Crippen LogP contribution < -0.4 is 26.6 Å². The van der Waals surface area contributed by atoms with Crippen LogP contribution in [-0.4, -0.2) is 133 Å². The van der Waals surface area contributed by atoms with Gasteiger partial charge in [0.1, 0.15) is 30.2 Å². The van der Waals surface area contributed by atoms with Gasteiger partial charge < -0.3 is 52.1 Å². The largest absolute Gasteiger partial charge is 0.481 e. The van der Waals surface area contributed by atoms with Crippen LogP contribution in [0.3, 0.4) is 0 Å². The summed E-state index contributed by atoms with van der Waals surface area (Å²) in [7, 11) is 0. The number of amides is 5. The lowest BCUT2D eigenvalue weighted by Crippen LogP contribution is -2.59. The normalized spacial score (nSPS) is 13.7. The smallest absolute Gasteiger partial charge is 0.327 e. The van der Waals surface area contributed by atoms with E-state index in [0.717, 1.165) is 0 Å². The second-order valence-corrected chi connectivity index (χ2v) is 11.7. The maximum Gasteiger partial charge on any atom is 0.327 e. The summed E-state index contributed by atoms with van der Waals surface area (Å²) in [5.74, 6) is -12.1. The minimum atomic E-state index is -1.67. The monoisotopic (exact) mass is 739 g/mol. The molecular formula is C27H41N5O15S2. The molecule has 5 atom stereocenters. The molecule has 0 aliphatic rings. The molecule has 0 unspecified atom stereocenters. The first-order valence-electron chi connectivity index (χ1n) is 14.6. The van der Waals surface area contributed by atoms with Gasteiger partial charge in [-0.3, -0.25) is 43.2 Å². The third-order valence-electron chi connectivity index (χ3n) is 6.47. The number of hydrogen-bond donors (Lipinski definition) is 11. The summed E-state index contributed by atoms with van der Waals surface area (Å²) < 4.78 is 0. The molecule has 0 saturated carbocycles. The molecule has 0 radical (unpaired) electrons. The van der Waals surface area contributed by atoms with Crippen LogP contribution in [0.25, 0.3) is 0 Å². The molecule has 276 valence electrons. The fourth-order valence-electron chi connectivity index (χ4n) is 3.88. The molecule has 0 bridgehead atoms. The highest BCUT2D eigenvalue weighted by Crippen LogP contribution is 2.08. The maximum atomic E-state index is 13.4. The van der Waals surface area contributed by atoms with E-state index < -0.39 is 141 Å². The third-order valence-corrected chi connectivity index (χ3v) is 7.47. The summed E-state index contributed by atoms with van der Waals surface area (Å²) in [5, 5.41) is 56.5. The highest BCUT2D eigenvalue weighted by molar-refractivity contribution is 7.98. The van der Waals surface area contributed by atoms with Gasteiger partial charge >= 0.3 is 29.8 Å². The lowest BCUT2D eigenvalue weighted by molar-refractivity contribution is -0.142. The van der Waals surface area contributed by atoms with Crippen molar-refractivity contribution in [2.75, 3.05) is 17.8 Å². The zero-order valence-electron chi connectivity index (χ0n) is 26.3. The van der Waals surface area contributed by atoms with Crippen LogP contribution >= 0.6 is 24.4 Å². The SMILES string of the molecule is CSCC[C@H](NC(=O)[C@H](CCC(=O)O)NC(=O)CCC(=O)O)C(=O)N[C@@H](CCC(=O)O)C(=O)N[C@@H](CCC(=O)O)C(=O)N[C@@H](CS)C(=O)O. The highest BCUT2D eigenvalue weighted by atomic mass is 32.2. The molecule has 0 saturated heterocycles. The summed E-state index contributed by atoms with van der Waals surface area (Å²) in [6.45, 7) is 0. The Kier molecular flexibility index (Phi) is 21.5. The first-order chi connectivity index (χ1) is 22.9. The van der Waals surface area contributed by atoms with Gasteiger partial charge in [0.15, 0.2) is 0 Å². The van der Waals surface area contributed by atoms with Crippen molar-refractivity contribution in [3.05, 3.63) is 0 Å². The van der Waals surface area contributed by atoms with E-state index in [0.29, 0.717) is 0 Å². The zero-order valence-corrected chi connectivity index (χ0v) is 28.0. The molecule has 0 aromatic carbocycles. The Labute approximate surface area is 289 Å². The van der Waals surface area contributed by atoms with E-state index in [-0.39, 0.29) is 17.9 Å². The zero-order chi connectivity index (χ0) is 37.7. The lowest BCUT2D eigenvalue weighted by Gasteiger charge is -2.26. The molecule has 0 aliphatic carbocycles. The first-order valence-corrected chi connectivity index (χ1v) is 16.6. The van der Waals surface area contributed by atoms with E-state index in [2.05, 4.69) is 39.2 Å². The summed E-state index contributed by atoms with van der Waals surface area (Å²) >= 11 is 5.08. The van der Waals surface area contributed by atoms with Crippen LogP contribution in [0, 0.1) is 0 Å². The first kappa shape index (κ1) is 44.4. The second kappa shape index (κ2) is 23.7. The molecule has 0 fully saturated rings. The van der Waals surface area contributed by atoms with E-state index in [1.807, 2.05) is 0 Å². The fourth-order valence-corrected chi connectivity index (χ4v) is 4.59. The van der Waals surface area contributed by atoms with Gasteiger partial charge in [0, 0.05) is 31.4 Å². The van der Waals surface area contributed by atoms with Crippen LogP contribution in [-0.2, 0) is 47.9 Å². The van der Waals surface area contributed by atoms with Crippen molar-refractivity contribution in [3.63, 3.8) is 0 Å². The lowest BCUT2D eigenvalue weighted by atomic mass is 10.1. The number of carbonyl (C=O) groups excluding carboxylic acids is 5. The Bertz CT molecular complexity index is 1230. The minimum Gasteiger partial charge on any atom is -0.481 e.